The quantitative estimate of drug-likeness (QED) is 0.555. The number of methoxy groups -OCH3 is 1. The van der Waals surface area contributed by atoms with Crippen molar-refractivity contribution in [1.82, 2.24) is 4.98 Å². The van der Waals surface area contributed by atoms with Crippen molar-refractivity contribution >= 4 is 35.1 Å². The van der Waals surface area contributed by atoms with Crippen LogP contribution in [0.15, 0.2) is 46.6 Å². The number of ether oxygens (including phenoxy) is 1. The van der Waals surface area contributed by atoms with Gasteiger partial charge in [0.25, 0.3) is 0 Å². The first-order valence-electron chi connectivity index (χ1n) is 12.2. The third kappa shape index (κ3) is 3.80. The maximum Gasteiger partial charge on any atom is 0.184 e. The molecule has 1 aromatic heterocycles. The predicted molar refractivity (Wildman–Crippen MR) is 147 cm³/mol. The molecule has 5 nitrogen and oxygen atoms in total. The van der Waals surface area contributed by atoms with E-state index in [9.17, 15) is 0 Å². The molecule has 2 aromatic rings. The lowest BCUT2D eigenvalue weighted by Crippen LogP contribution is -2.43. The van der Waals surface area contributed by atoms with Gasteiger partial charge in [-0.15, -0.1) is 5.92 Å². The standard InChI is InChI=1S/C26H31B3N4O/c1-16-23(30)33-26(32-16)22-12-18(20-11-17(14-31-15-20)5-10-25(27,28)29)3-4-19(22)13-24(26)8-6-21(34-2)7-9-24/h3-4,11-12,14-15,21H,6-9,13,27-29H2,1-2H3,(H2,30,33)/t21-,24-,26-/m0/s1. The highest BCUT2D eigenvalue weighted by Crippen LogP contribution is 2.62. The number of nitrogens with two attached hydrogens (primary N) is 1. The number of amidine groups is 1. The fourth-order valence-electron chi connectivity index (χ4n) is 5.78. The predicted octanol–water partition coefficient (Wildman–Crippen LogP) is 1.19. The minimum Gasteiger partial charge on any atom is -0.382 e. The zero-order valence-electron chi connectivity index (χ0n) is 20.9. The summed E-state index contributed by atoms with van der Waals surface area (Å²) in [5.74, 6) is 7.15. The second-order valence-electron chi connectivity index (χ2n) is 11.1. The molecule has 0 saturated heterocycles. The lowest BCUT2D eigenvalue weighted by atomic mass is 9.43. The molecule has 5 rings (SSSR count). The fraction of sp³-hybridized carbons (Fsp3) is 0.423. The Morgan fingerprint density at radius 3 is 2.50 bits per heavy atom. The summed E-state index contributed by atoms with van der Waals surface area (Å²) in [5, 5.41) is -0.0532. The average Bonchev–Trinajstić information content (AvgIpc) is 3.25. The molecule has 0 amide bonds. The van der Waals surface area contributed by atoms with Crippen LogP contribution in [0.2, 0.25) is 5.11 Å². The molecule has 170 valence electrons. The minimum absolute atomic E-state index is 0.0519. The Balaban J connectivity index is 1.58. The molecule has 2 N–H and O–H groups in total. The van der Waals surface area contributed by atoms with Crippen molar-refractivity contribution in [1.29, 1.82) is 0 Å². The largest absolute Gasteiger partial charge is 0.382 e. The molecule has 1 aromatic carbocycles. The first-order valence-corrected chi connectivity index (χ1v) is 12.2. The third-order valence-electron chi connectivity index (χ3n) is 7.61. The van der Waals surface area contributed by atoms with Crippen molar-refractivity contribution in [3.8, 4) is 23.0 Å². The number of fused-ring (bicyclic) bond motifs is 3. The van der Waals surface area contributed by atoms with Crippen LogP contribution < -0.4 is 5.73 Å². The lowest BCUT2D eigenvalue weighted by Gasteiger charge is -2.44. The first kappa shape index (κ1) is 23.0. The molecule has 1 saturated carbocycles. The van der Waals surface area contributed by atoms with E-state index >= 15 is 0 Å². The minimum atomic E-state index is -0.637. The van der Waals surface area contributed by atoms with Crippen LogP contribution in [0.3, 0.4) is 0 Å². The van der Waals surface area contributed by atoms with Gasteiger partial charge in [-0.3, -0.25) is 9.98 Å². The molecule has 1 aliphatic heterocycles. The number of rotatable bonds is 2. The number of hydrogen-bond donors (Lipinski definition) is 1. The van der Waals surface area contributed by atoms with Crippen molar-refractivity contribution in [3.63, 3.8) is 0 Å². The Morgan fingerprint density at radius 1 is 1.09 bits per heavy atom. The summed E-state index contributed by atoms with van der Waals surface area (Å²) in [6, 6.07) is 8.84. The van der Waals surface area contributed by atoms with Crippen LogP contribution in [0.1, 0.15) is 49.3 Å². The molecule has 8 heteroatoms. The van der Waals surface area contributed by atoms with E-state index in [-0.39, 0.29) is 10.5 Å². The van der Waals surface area contributed by atoms with Crippen molar-refractivity contribution in [2.45, 2.75) is 55.9 Å². The molecular weight excluding hydrogens is 417 g/mol. The summed E-state index contributed by atoms with van der Waals surface area (Å²) in [7, 11) is 8.16. The van der Waals surface area contributed by atoms with Gasteiger partial charge in [0.1, 0.15) is 29.4 Å². The van der Waals surface area contributed by atoms with E-state index < -0.39 is 5.66 Å². The second-order valence-corrected chi connectivity index (χ2v) is 11.1. The van der Waals surface area contributed by atoms with E-state index in [0.29, 0.717) is 11.9 Å². The van der Waals surface area contributed by atoms with Crippen LogP contribution in [-0.4, -0.2) is 53.3 Å². The Hall–Kier alpha value is -2.78. The van der Waals surface area contributed by atoms with Crippen LogP contribution in [0.25, 0.3) is 11.1 Å². The summed E-state index contributed by atoms with van der Waals surface area (Å²) < 4.78 is 5.68. The van der Waals surface area contributed by atoms with Gasteiger partial charge >= 0.3 is 0 Å². The second kappa shape index (κ2) is 8.17. The number of benzene rings is 1. The fourth-order valence-corrected chi connectivity index (χ4v) is 5.78. The molecule has 0 radical (unpaired) electrons. The average molecular weight is 448 g/mol. The van der Waals surface area contributed by atoms with E-state index in [1.54, 1.807) is 0 Å². The smallest absolute Gasteiger partial charge is 0.184 e. The Morgan fingerprint density at radius 2 is 1.85 bits per heavy atom. The zero-order valence-corrected chi connectivity index (χ0v) is 20.9. The molecule has 0 unspecified atom stereocenters. The van der Waals surface area contributed by atoms with Gasteiger partial charge in [0.05, 0.1) is 11.8 Å². The summed E-state index contributed by atoms with van der Waals surface area (Å²) in [6.45, 7) is 1.98. The summed E-state index contributed by atoms with van der Waals surface area (Å²) in [5.41, 5.74) is 12.1. The van der Waals surface area contributed by atoms with Gasteiger partial charge < -0.3 is 10.5 Å². The molecule has 1 atom stereocenters. The molecule has 2 aliphatic carbocycles. The zero-order chi connectivity index (χ0) is 24.1. The van der Waals surface area contributed by atoms with Gasteiger partial charge in [-0.25, -0.2) is 4.99 Å². The number of pyridine rings is 1. The van der Waals surface area contributed by atoms with Crippen molar-refractivity contribution in [2.75, 3.05) is 7.11 Å². The van der Waals surface area contributed by atoms with E-state index in [2.05, 4.69) is 64.6 Å². The topological polar surface area (TPSA) is 72.9 Å². The van der Waals surface area contributed by atoms with Gasteiger partial charge in [0, 0.05) is 41.6 Å². The first-order chi connectivity index (χ1) is 16.1. The SMILES string of the molecule is BC(B)(B)C#Cc1cncc(-c2ccc3c(c2)[C@@]2(N=C(C)C(N)=N2)[C@]2(CC[C@H](OC)CC2)C3)c1. The highest BCUT2D eigenvalue weighted by Gasteiger charge is 2.60. The normalized spacial score (nSPS) is 27.8. The lowest BCUT2D eigenvalue weighted by molar-refractivity contribution is -0.000372. The highest BCUT2D eigenvalue weighted by molar-refractivity contribution is 6.61. The maximum absolute atomic E-state index is 6.34. The summed E-state index contributed by atoms with van der Waals surface area (Å²) in [6.07, 6.45) is 9.15. The molecule has 1 fully saturated rings. The molecule has 0 bridgehead atoms. The van der Waals surface area contributed by atoms with Crippen LogP contribution in [0, 0.1) is 17.3 Å². The number of aliphatic imine (C=N–C) groups is 2. The van der Waals surface area contributed by atoms with Gasteiger partial charge in [-0.2, -0.15) is 0 Å². The van der Waals surface area contributed by atoms with Gasteiger partial charge in [-0.05, 0) is 62.3 Å². The van der Waals surface area contributed by atoms with Gasteiger partial charge in [-0.1, -0.05) is 23.2 Å². The third-order valence-corrected chi connectivity index (χ3v) is 7.61. The van der Waals surface area contributed by atoms with Crippen LogP contribution in [0.4, 0.5) is 0 Å². The van der Waals surface area contributed by atoms with E-state index in [4.69, 9.17) is 20.5 Å². The monoisotopic (exact) mass is 448 g/mol. The Kier molecular flexibility index (Phi) is 5.52. The Bertz CT molecular complexity index is 1240. The summed E-state index contributed by atoms with van der Waals surface area (Å²) >= 11 is 0. The number of hydrogen-bond acceptors (Lipinski definition) is 5. The maximum atomic E-state index is 6.34. The number of nitrogens with zero attached hydrogens (tertiary/aromatic N) is 3. The molecule has 34 heavy (non-hydrogen) atoms. The van der Waals surface area contributed by atoms with Gasteiger partial charge in [0.2, 0.25) is 0 Å². The van der Waals surface area contributed by atoms with Crippen molar-refractivity contribution < 1.29 is 4.74 Å². The number of aromatic nitrogens is 1. The van der Waals surface area contributed by atoms with E-state index in [1.807, 2.05) is 26.4 Å². The van der Waals surface area contributed by atoms with E-state index in [1.165, 1.54) is 11.1 Å². The van der Waals surface area contributed by atoms with E-state index in [0.717, 1.165) is 54.5 Å². The van der Waals surface area contributed by atoms with Crippen LogP contribution in [0.5, 0.6) is 0 Å². The van der Waals surface area contributed by atoms with Crippen molar-refractivity contribution in [2.24, 2.45) is 21.1 Å². The highest BCUT2D eigenvalue weighted by atomic mass is 16.5. The summed E-state index contributed by atoms with van der Waals surface area (Å²) in [4.78, 5) is 14.8. The molecule has 3 aliphatic rings. The Labute approximate surface area is 205 Å². The van der Waals surface area contributed by atoms with Crippen LogP contribution in [-0.2, 0) is 16.8 Å². The van der Waals surface area contributed by atoms with Crippen molar-refractivity contribution in [3.05, 3.63) is 53.3 Å². The van der Waals surface area contributed by atoms with Gasteiger partial charge in [0.15, 0.2) is 5.66 Å². The molecule has 2 heterocycles. The molecule has 2 spiro atoms. The molecular formula is C26H31B3N4O. The van der Waals surface area contributed by atoms with Crippen LogP contribution >= 0.6 is 0 Å².